The summed E-state index contributed by atoms with van der Waals surface area (Å²) in [5.74, 6) is -2.57. The highest BCUT2D eigenvalue weighted by molar-refractivity contribution is 6.07. The van der Waals surface area contributed by atoms with Crippen LogP contribution in [-0.2, 0) is 16.9 Å². The first-order valence-corrected chi connectivity index (χ1v) is 7.46. The molecule has 1 aliphatic rings. The number of carbonyl (C=O) groups is 2. The van der Waals surface area contributed by atoms with Gasteiger partial charge in [-0.05, 0) is 37.1 Å². The summed E-state index contributed by atoms with van der Waals surface area (Å²) in [4.78, 5) is 26.0. The van der Waals surface area contributed by atoms with Crippen molar-refractivity contribution < 1.29 is 18.4 Å². The number of carbonyl (C=O) groups excluding carboxylic acids is 2. The van der Waals surface area contributed by atoms with Crippen molar-refractivity contribution in [3.8, 4) is 0 Å². The summed E-state index contributed by atoms with van der Waals surface area (Å²) in [5, 5.41) is 2.57. The topological polar surface area (TPSA) is 49.4 Å². The molecule has 2 aromatic carbocycles. The van der Waals surface area contributed by atoms with Crippen molar-refractivity contribution in [3.63, 3.8) is 0 Å². The summed E-state index contributed by atoms with van der Waals surface area (Å²) in [6.45, 7) is 3.54. The number of hydrogen-bond donors (Lipinski definition) is 1. The van der Waals surface area contributed by atoms with Crippen molar-refractivity contribution in [2.24, 2.45) is 0 Å². The molecule has 6 heteroatoms. The molecule has 0 bridgehead atoms. The van der Waals surface area contributed by atoms with Crippen LogP contribution >= 0.6 is 0 Å². The van der Waals surface area contributed by atoms with Crippen LogP contribution in [0.4, 0.5) is 13.6 Å². The van der Waals surface area contributed by atoms with Gasteiger partial charge in [0, 0.05) is 0 Å². The van der Waals surface area contributed by atoms with E-state index in [9.17, 15) is 18.4 Å². The number of halogens is 2. The van der Waals surface area contributed by atoms with E-state index in [1.165, 1.54) is 13.0 Å². The molecule has 0 aromatic heterocycles. The van der Waals surface area contributed by atoms with Crippen LogP contribution in [0.3, 0.4) is 0 Å². The molecule has 124 valence electrons. The second-order valence-electron chi connectivity index (χ2n) is 6.06. The number of urea groups is 1. The predicted molar refractivity (Wildman–Crippen MR) is 84.0 cm³/mol. The van der Waals surface area contributed by atoms with Crippen molar-refractivity contribution in [2.45, 2.75) is 25.9 Å². The van der Waals surface area contributed by atoms with E-state index >= 15 is 0 Å². The third-order valence-corrected chi connectivity index (χ3v) is 4.23. The minimum atomic E-state index is -1.42. The van der Waals surface area contributed by atoms with E-state index in [1.807, 2.05) is 31.2 Å². The lowest BCUT2D eigenvalue weighted by Crippen LogP contribution is -2.41. The maximum Gasteiger partial charge on any atom is 0.325 e. The van der Waals surface area contributed by atoms with Crippen molar-refractivity contribution in [1.29, 1.82) is 0 Å². The highest BCUT2D eigenvalue weighted by Gasteiger charge is 2.49. The second kappa shape index (κ2) is 5.70. The minimum absolute atomic E-state index is 0.115. The van der Waals surface area contributed by atoms with Gasteiger partial charge in [0.25, 0.3) is 5.91 Å². The van der Waals surface area contributed by atoms with E-state index in [2.05, 4.69) is 5.32 Å². The lowest BCUT2D eigenvalue weighted by Gasteiger charge is -2.22. The van der Waals surface area contributed by atoms with Gasteiger partial charge in [0.15, 0.2) is 11.6 Å². The predicted octanol–water partition coefficient (Wildman–Crippen LogP) is 3.24. The monoisotopic (exact) mass is 330 g/mol. The molecule has 0 aliphatic carbocycles. The third kappa shape index (κ3) is 2.64. The molecule has 1 N–H and O–H groups in total. The van der Waals surface area contributed by atoms with Gasteiger partial charge < -0.3 is 5.32 Å². The smallest absolute Gasteiger partial charge is 0.319 e. The maximum absolute atomic E-state index is 13.5. The summed E-state index contributed by atoms with van der Waals surface area (Å²) in [7, 11) is 0. The fourth-order valence-corrected chi connectivity index (χ4v) is 2.72. The number of imide groups is 1. The van der Waals surface area contributed by atoms with Crippen LogP contribution in [0.15, 0.2) is 42.5 Å². The average molecular weight is 330 g/mol. The molecule has 1 fully saturated rings. The fraction of sp³-hybridized carbons (Fsp3) is 0.222. The van der Waals surface area contributed by atoms with Gasteiger partial charge in [-0.25, -0.2) is 13.6 Å². The van der Waals surface area contributed by atoms with Gasteiger partial charge in [0.2, 0.25) is 0 Å². The zero-order valence-electron chi connectivity index (χ0n) is 13.3. The normalized spacial score (nSPS) is 20.4. The van der Waals surface area contributed by atoms with E-state index in [0.29, 0.717) is 0 Å². The summed E-state index contributed by atoms with van der Waals surface area (Å²) in [5.41, 5.74) is 0.656. The molecule has 0 spiro atoms. The maximum atomic E-state index is 13.5. The number of nitrogens with one attached hydrogen (secondary N) is 1. The van der Waals surface area contributed by atoms with Crippen LogP contribution in [-0.4, -0.2) is 16.8 Å². The molecule has 3 rings (SSSR count). The highest BCUT2D eigenvalue weighted by Crippen LogP contribution is 2.30. The van der Waals surface area contributed by atoms with Gasteiger partial charge in [0.05, 0.1) is 6.54 Å². The van der Waals surface area contributed by atoms with E-state index < -0.39 is 29.1 Å². The Morgan fingerprint density at radius 1 is 1.04 bits per heavy atom. The van der Waals surface area contributed by atoms with Crippen LogP contribution in [0.25, 0.3) is 0 Å². The van der Waals surface area contributed by atoms with Gasteiger partial charge in [0.1, 0.15) is 5.54 Å². The standard InChI is InChI=1S/C18H16F2N2O2/c1-11-3-5-12(6-4-11)10-22-16(23)18(2,21-17(22)24)13-7-8-14(19)15(20)9-13/h3-9H,10H2,1-2H3,(H,21,24). The molecule has 0 radical (unpaired) electrons. The number of nitrogens with zero attached hydrogens (tertiary/aromatic N) is 1. The highest BCUT2D eigenvalue weighted by atomic mass is 19.2. The molecular weight excluding hydrogens is 314 g/mol. The molecule has 0 saturated carbocycles. The van der Waals surface area contributed by atoms with Gasteiger partial charge in [-0.1, -0.05) is 35.9 Å². The van der Waals surface area contributed by atoms with Crippen LogP contribution in [0.2, 0.25) is 0 Å². The minimum Gasteiger partial charge on any atom is -0.319 e. The molecular formula is C18H16F2N2O2. The van der Waals surface area contributed by atoms with E-state index in [-0.39, 0.29) is 12.1 Å². The molecule has 1 atom stereocenters. The van der Waals surface area contributed by atoms with E-state index in [4.69, 9.17) is 0 Å². The Balaban J connectivity index is 1.90. The Labute approximate surface area is 138 Å². The van der Waals surface area contributed by atoms with Crippen molar-refractivity contribution in [2.75, 3.05) is 0 Å². The Morgan fingerprint density at radius 2 is 1.71 bits per heavy atom. The average Bonchev–Trinajstić information content (AvgIpc) is 2.76. The zero-order chi connectivity index (χ0) is 17.5. The summed E-state index contributed by atoms with van der Waals surface area (Å²) in [6, 6.07) is 10.1. The van der Waals surface area contributed by atoms with Gasteiger partial charge in [-0.3, -0.25) is 9.69 Å². The number of hydrogen-bond acceptors (Lipinski definition) is 2. The first kappa shape index (κ1) is 16.1. The Bertz CT molecular complexity index is 820. The number of benzene rings is 2. The lowest BCUT2D eigenvalue weighted by molar-refractivity contribution is -0.131. The van der Waals surface area contributed by atoms with Crippen LogP contribution in [0.1, 0.15) is 23.6 Å². The number of rotatable bonds is 3. The van der Waals surface area contributed by atoms with Crippen molar-refractivity contribution in [1.82, 2.24) is 10.2 Å². The molecule has 1 heterocycles. The van der Waals surface area contributed by atoms with Crippen LogP contribution < -0.4 is 5.32 Å². The van der Waals surface area contributed by atoms with Crippen LogP contribution in [0.5, 0.6) is 0 Å². The molecule has 1 unspecified atom stereocenters. The molecule has 2 aromatic rings. The van der Waals surface area contributed by atoms with Crippen LogP contribution in [0, 0.1) is 18.6 Å². The third-order valence-electron chi connectivity index (χ3n) is 4.23. The molecule has 3 amide bonds. The number of aryl methyl sites for hydroxylation is 1. The van der Waals surface area contributed by atoms with Gasteiger partial charge in [-0.15, -0.1) is 0 Å². The first-order valence-electron chi connectivity index (χ1n) is 7.46. The van der Waals surface area contributed by atoms with E-state index in [0.717, 1.165) is 28.2 Å². The van der Waals surface area contributed by atoms with Gasteiger partial charge in [-0.2, -0.15) is 0 Å². The second-order valence-corrected chi connectivity index (χ2v) is 6.06. The number of amides is 3. The van der Waals surface area contributed by atoms with Crippen molar-refractivity contribution in [3.05, 3.63) is 70.8 Å². The molecule has 4 nitrogen and oxygen atoms in total. The molecule has 24 heavy (non-hydrogen) atoms. The Morgan fingerprint density at radius 3 is 2.33 bits per heavy atom. The Hall–Kier alpha value is -2.76. The Kier molecular flexibility index (Phi) is 3.83. The zero-order valence-corrected chi connectivity index (χ0v) is 13.3. The summed E-state index contributed by atoms with van der Waals surface area (Å²) < 4.78 is 26.6. The fourth-order valence-electron chi connectivity index (χ4n) is 2.72. The van der Waals surface area contributed by atoms with Crippen molar-refractivity contribution >= 4 is 11.9 Å². The SMILES string of the molecule is Cc1ccc(CN2C(=O)NC(C)(c3ccc(F)c(F)c3)C2=O)cc1. The summed E-state index contributed by atoms with van der Waals surface area (Å²) >= 11 is 0. The summed E-state index contributed by atoms with van der Waals surface area (Å²) in [6.07, 6.45) is 0. The lowest BCUT2D eigenvalue weighted by atomic mass is 9.92. The molecule has 1 saturated heterocycles. The quantitative estimate of drug-likeness (QED) is 0.879. The van der Waals surface area contributed by atoms with Gasteiger partial charge >= 0.3 is 6.03 Å². The van der Waals surface area contributed by atoms with E-state index in [1.54, 1.807) is 0 Å². The molecule has 1 aliphatic heterocycles. The first-order chi connectivity index (χ1) is 11.3. The largest absolute Gasteiger partial charge is 0.325 e.